The van der Waals surface area contributed by atoms with Gasteiger partial charge in [0, 0.05) is 17.5 Å². The third-order valence-electron chi connectivity index (χ3n) is 3.42. The molecule has 0 radical (unpaired) electrons. The van der Waals surface area contributed by atoms with Crippen molar-refractivity contribution < 1.29 is 9.13 Å². The smallest absolute Gasteiger partial charge is 0.122 e. The fourth-order valence-corrected chi connectivity index (χ4v) is 2.67. The van der Waals surface area contributed by atoms with Gasteiger partial charge in [-0.1, -0.05) is 18.2 Å². The molecule has 1 fully saturated rings. The molecule has 1 aromatic rings. The first-order valence-electron chi connectivity index (χ1n) is 5.64. The molecule has 88 valence electrons. The maximum absolute atomic E-state index is 13.2. The normalized spacial score (nSPS) is 28.6. The molecular formula is C13H18FNO. The Kier molecular flexibility index (Phi) is 3.15. The van der Waals surface area contributed by atoms with Crippen LogP contribution in [-0.2, 0) is 5.41 Å². The Balaban J connectivity index is 2.32. The lowest BCUT2D eigenvalue weighted by Crippen LogP contribution is -2.49. The Labute approximate surface area is 95.8 Å². The Morgan fingerprint density at radius 1 is 1.44 bits per heavy atom. The highest BCUT2D eigenvalue weighted by atomic mass is 19.1. The van der Waals surface area contributed by atoms with Crippen molar-refractivity contribution in [3.05, 3.63) is 29.8 Å². The molecule has 3 heteroatoms. The van der Waals surface area contributed by atoms with Crippen LogP contribution in [0.3, 0.4) is 0 Å². The first-order chi connectivity index (χ1) is 7.72. The fraction of sp³-hybridized carbons (Fsp3) is 0.538. The van der Waals surface area contributed by atoms with Crippen molar-refractivity contribution in [1.29, 1.82) is 0 Å². The number of hydrogen-bond donors (Lipinski definition) is 1. The predicted molar refractivity (Wildman–Crippen MR) is 62.7 cm³/mol. The number of rotatable bonds is 4. The van der Waals surface area contributed by atoms with Crippen molar-refractivity contribution in [2.75, 3.05) is 20.7 Å². The second-order valence-electron chi connectivity index (χ2n) is 4.52. The van der Waals surface area contributed by atoms with Gasteiger partial charge in [-0.05, 0) is 26.0 Å². The van der Waals surface area contributed by atoms with Crippen LogP contribution in [0.4, 0.5) is 4.39 Å². The molecular weight excluding hydrogens is 205 g/mol. The molecule has 2 nitrogen and oxygen atoms in total. The average molecular weight is 223 g/mol. The van der Waals surface area contributed by atoms with E-state index in [-0.39, 0.29) is 5.41 Å². The van der Waals surface area contributed by atoms with E-state index < -0.39 is 6.17 Å². The van der Waals surface area contributed by atoms with Gasteiger partial charge in [-0.15, -0.1) is 0 Å². The van der Waals surface area contributed by atoms with Crippen LogP contribution in [-0.4, -0.2) is 26.9 Å². The molecule has 0 amide bonds. The number of benzene rings is 1. The Morgan fingerprint density at radius 2 is 2.12 bits per heavy atom. The van der Waals surface area contributed by atoms with E-state index in [4.69, 9.17) is 4.74 Å². The van der Waals surface area contributed by atoms with Crippen LogP contribution in [0.2, 0.25) is 0 Å². The molecule has 1 N–H and O–H groups in total. The molecule has 0 saturated heterocycles. The van der Waals surface area contributed by atoms with Crippen LogP contribution in [0.1, 0.15) is 18.4 Å². The highest BCUT2D eigenvalue weighted by Crippen LogP contribution is 2.47. The number of likely N-dealkylation sites (N-methyl/N-ethyl adjacent to an activating group) is 1. The molecule has 0 aromatic heterocycles. The van der Waals surface area contributed by atoms with E-state index in [1.807, 2.05) is 31.3 Å². The Bertz CT molecular complexity index is 355. The zero-order chi connectivity index (χ0) is 11.6. The molecule has 0 unspecified atom stereocenters. The largest absolute Gasteiger partial charge is 0.496 e. The van der Waals surface area contributed by atoms with Crippen molar-refractivity contribution >= 4 is 0 Å². The van der Waals surface area contributed by atoms with Gasteiger partial charge in [-0.25, -0.2) is 4.39 Å². The van der Waals surface area contributed by atoms with Gasteiger partial charge < -0.3 is 10.1 Å². The lowest BCUT2D eigenvalue weighted by molar-refractivity contribution is 0.0918. The van der Waals surface area contributed by atoms with Gasteiger partial charge in [-0.3, -0.25) is 0 Å². The molecule has 1 aliphatic carbocycles. The molecule has 0 heterocycles. The molecule has 0 bridgehead atoms. The topological polar surface area (TPSA) is 21.3 Å². The third-order valence-corrected chi connectivity index (χ3v) is 3.42. The van der Waals surface area contributed by atoms with Crippen LogP contribution in [0.15, 0.2) is 24.3 Å². The highest BCUT2D eigenvalue weighted by molar-refractivity contribution is 5.42. The molecule has 1 aliphatic rings. The quantitative estimate of drug-likeness (QED) is 0.845. The second-order valence-corrected chi connectivity index (χ2v) is 4.52. The molecule has 0 aliphatic heterocycles. The van der Waals surface area contributed by atoms with E-state index in [0.29, 0.717) is 12.8 Å². The van der Waals surface area contributed by atoms with Gasteiger partial charge >= 0.3 is 0 Å². The molecule has 2 rings (SSSR count). The summed E-state index contributed by atoms with van der Waals surface area (Å²) in [6, 6.07) is 7.92. The van der Waals surface area contributed by atoms with E-state index in [2.05, 4.69) is 5.32 Å². The van der Waals surface area contributed by atoms with E-state index in [9.17, 15) is 4.39 Å². The molecule has 0 atom stereocenters. The predicted octanol–water partition coefficient (Wildman–Crippen LogP) is 2.28. The van der Waals surface area contributed by atoms with Crippen LogP contribution in [0, 0.1) is 0 Å². The summed E-state index contributed by atoms with van der Waals surface area (Å²) in [6.45, 7) is 0.799. The molecule has 1 saturated carbocycles. The molecule has 0 spiro atoms. The number of alkyl halides is 1. The van der Waals surface area contributed by atoms with Gasteiger partial charge in [0.1, 0.15) is 11.9 Å². The summed E-state index contributed by atoms with van der Waals surface area (Å²) in [4.78, 5) is 0. The van der Waals surface area contributed by atoms with E-state index >= 15 is 0 Å². The summed E-state index contributed by atoms with van der Waals surface area (Å²) in [5.41, 5.74) is 1.04. The number of ether oxygens (including phenoxy) is 1. The maximum Gasteiger partial charge on any atom is 0.122 e. The SMILES string of the molecule is CNCC1(c2ccccc2OC)CC(F)C1. The fourth-order valence-electron chi connectivity index (χ4n) is 2.67. The monoisotopic (exact) mass is 223 g/mol. The minimum Gasteiger partial charge on any atom is -0.496 e. The van der Waals surface area contributed by atoms with Crippen molar-refractivity contribution in [3.63, 3.8) is 0 Å². The van der Waals surface area contributed by atoms with Crippen LogP contribution >= 0.6 is 0 Å². The van der Waals surface area contributed by atoms with Crippen LogP contribution in [0.5, 0.6) is 5.75 Å². The number of halogens is 1. The van der Waals surface area contributed by atoms with Crippen molar-refractivity contribution in [2.24, 2.45) is 0 Å². The molecule has 1 aromatic carbocycles. The van der Waals surface area contributed by atoms with Gasteiger partial charge in [0.15, 0.2) is 0 Å². The number of methoxy groups -OCH3 is 1. The lowest BCUT2D eigenvalue weighted by atomic mass is 9.63. The van der Waals surface area contributed by atoms with Gasteiger partial charge in [0.25, 0.3) is 0 Å². The van der Waals surface area contributed by atoms with Crippen molar-refractivity contribution in [1.82, 2.24) is 5.32 Å². The van der Waals surface area contributed by atoms with Crippen LogP contribution < -0.4 is 10.1 Å². The zero-order valence-electron chi connectivity index (χ0n) is 9.79. The van der Waals surface area contributed by atoms with Crippen molar-refractivity contribution in [3.8, 4) is 5.75 Å². The Hall–Kier alpha value is -1.09. The number of hydrogen-bond acceptors (Lipinski definition) is 2. The zero-order valence-corrected chi connectivity index (χ0v) is 9.79. The summed E-state index contributed by atoms with van der Waals surface area (Å²) >= 11 is 0. The number of nitrogens with one attached hydrogen (secondary N) is 1. The minimum atomic E-state index is -0.668. The van der Waals surface area contributed by atoms with Crippen LogP contribution in [0.25, 0.3) is 0 Å². The summed E-state index contributed by atoms with van der Waals surface area (Å²) in [6.07, 6.45) is 0.515. The summed E-state index contributed by atoms with van der Waals surface area (Å²) in [5.74, 6) is 0.865. The molecule has 16 heavy (non-hydrogen) atoms. The lowest BCUT2D eigenvalue weighted by Gasteiger charge is -2.45. The minimum absolute atomic E-state index is 0.0826. The van der Waals surface area contributed by atoms with E-state index in [1.165, 1.54) is 0 Å². The van der Waals surface area contributed by atoms with E-state index in [0.717, 1.165) is 17.9 Å². The summed E-state index contributed by atoms with van der Waals surface area (Å²) in [5, 5.41) is 3.16. The maximum atomic E-state index is 13.2. The average Bonchev–Trinajstić information content (AvgIpc) is 2.27. The summed E-state index contributed by atoms with van der Waals surface area (Å²) in [7, 11) is 3.57. The second kappa shape index (κ2) is 4.42. The van der Waals surface area contributed by atoms with Crippen molar-refractivity contribution in [2.45, 2.75) is 24.4 Å². The van der Waals surface area contributed by atoms with Gasteiger partial charge in [-0.2, -0.15) is 0 Å². The van der Waals surface area contributed by atoms with E-state index in [1.54, 1.807) is 7.11 Å². The standard InChI is InChI=1S/C13H18FNO/c1-15-9-13(7-10(14)8-13)11-5-3-4-6-12(11)16-2/h3-6,10,15H,7-9H2,1-2H3. The van der Waals surface area contributed by atoms with Gasteiger partial charge in [0.05, 0.1) is 7.11 Å². The van der Waals surface area contributed by atoms with Gasteiger partial charge in [0.2, 0.25) is 0 Å². The third kappa shape index (κ3) is 1.80. The number of para-hydroxylation sites is 1. The first-order valence-corrected chi connectivity index (χ1v) is 5.64. The Morgan fingerprint density at radius 3 is 2.69 bits per heavy atom. The highest BCUT2D eigenvalue weighted by Gasteiger charge is 2.46. The first kappa shape index (κ1) is 11.4. The summed E-state index contributed by atoms with van der Waals surface area (Å²) < 4.78 is 18.5.